The van der Waals surface area contributed by atoms with Crippen molar-refractivity contribution in [3.63, 3.8) is 0 Å². The Bertz CT molecular complexity index is 776. The first-order chi connectivity index (χ1) is 10.8. The number of hydrogen-bond acceptors (Lipinski definition) is 8. The van der Waals surface area contributed by atoms with Gasteiger partial charge < -0.3 is 10.1 Å². The lowest BCUT2D eigenvalue weighted by Crippen LogP contribution is -2.00. The summed E-state index contributed by atoms with van der Waals surface area (Å²) in [6.07, 6.45) is 4.87. The lowest BCUT2D eigenvalue weighted by molar-refractivity contribution is 0.0607. The van der Waals surface area contributed by atoms with E-state index in [1.165, 1.54) is 18.4 Å². The van der Waals surface area contributed by atoms with Gasteiger partial charge in [0.25, 0.3) is 0 Å². The maximum absolute atomic E-state index is 11.9. The number of aromatic nitrogens is 4. The SMILES string of the molecule is COC(=O)c1sc(Nc2ncccn2)nc1-c1ccccn1. The first kappa shape index (κ1) is 14.1. The highest BCUT2D eigenvalue weighted by atomic mass is 32.1. The standard InChI is InChI=1S/C14H11N5O2S/c1-21-12(20)11-10(9-5-2-3-6-15-9)18-14(22-11)19-13-16-7-4-8-17-13/h2-8H,1H3,(H,16,17,18,19). The molecule has 0 spiro atoms. The monoisotopic (exact) mass is 313 g/mol. The van der Waals surface area contributed by atoms with Gasteiger partial charge in [-0.2, -0.15) is 0 Å². The number of carbonyl (C=O) groups is 1. The van der Waals surface area contributed by atoms with E-state index in [9.17, 15) is 4.79 Å². The van der Waals surface area contributed by atoms with E-state index in [0.29, 0.717) is 27.3 Å². The van der Waals surface area contributed by atoms with E-state index in [-0.39, 0.29) is 0 Å². The second kappa shape index (κ2) is 6.27. The first-order valence-corrected chi connectivity index (χ1v) is 7.14. The number of methoxy groups -OCH3 is 1. The lowest BCUT2D eigenvalue weighted by Gasteiger charge is -1.99. The molecule has 1 N–H and O–H groups in total. The molecule has 3 aromatic heterocycles. The third-order valence-corrected chi connectivity index (χ3v) is 3.64. The molecular weight excluding hydrogens is 302 g/mol. The molecule has 0 aliphatic heterocycles. The molecule has 0 atom stereocenters. The van der Waals surface area contributed by atoms with Gasteiger partial charge in [-0.05, 0) is 18.2 Å². The number of rotatable bonds is 4. The molecule has 0 radical (unpaired) electrons. The van der Waals surface area contributed by atoms with Crippen LogP contribution in [-0.4, -0.2) is 33.0 Å². The van der Waals surface area contributed by atoms with Crippen LogP contribution < -0.4 is 5.32 Å². The van der Waals surface area contributed by atoms with Crippen LogP contribution in [0.3, 0.4) is 0 Å². The summed E-state index contributed by atoms with van der Waals surface area (Å²) in [6.45, 7) is 0. The van der Waals surface area contributed by atoms with Crippen LogP contribution in [0, 0.1) is 0 Å². The topological polar surface area (TPSA) is 89.9 Å². The van der Waals surface area contributed by atoms with E-state index in [1.807, 2.05) is 6.07 Å². The van der Waals surface area contributed by atoms with E-state index in [0.717, 1.165) is 0 Å². The Morgan fingerprint density at radius 1 is 1.14 bits per heavy atom. The molecule has 0 saturated heterocycles. The zero-order chi connectivity index (χ0) is 15.4. The third kappa shape index (κ3) is 2.91. The second-order valence-corrected chi connectivity index (χ2v) is 5.10. The fourth-order valence-electron chi connectivity index (χ4n) is 1.74. The number of thiazole rings is 1. The van der Waals surface area contributed by atoms with Crippen molar-refractivity contribution in [2.45, 2.75) is 0 Å². The molecule has 22 heavy (non-hydrogen) atoms. The Kier molecular flexibility index (Phi) is 4.01. The minimum absolute atomic E-state index is 0.375. The smallest absolute Gasteiger partial charge is 0.350 e. The molecule has 0 unspecified atom stereocenters. The summed E-state index contributed by atoms with van der Waals surface area (Å²) in [5, 5.41) is 3.46. The molecule has 7 nitrogen and oxygen atoms in total. The zero-order valence-electron chi connectivity index (χ0n) is 11.6. The lowest BCUT2D eigenvalue weighted by atomic mass is 10.2. The third-order valence-electron chi connectivity index (χ3n) is 2.69. The number of nitrogens with zero attached hydrogens (tertiary/aromatic N) is 4. The maximum Gasteiger partial charge on any atom is 0.350 e. The van der Waals surface area contributed by atoms with Crippen molar-refractivity contribution in [1.29, 1.82) is 0 Å². The second-order valence-electron chi connectivity index (χ2n) is 4.10. The Balaban J connectivity index is 2.00. The summed E-state index contributed by atoms with van der Waals surface area (Å²) in [4.78, 5) is 29.1. The fourth-order valence-corrected chi connectivity index (χ4v) is 2.63. The van der Waals surface area contributed by atoms with Crippen molar-refractivity contribution in [3.8, 4) is 11.4 Å². The van der Waals surface area contributed by atoms with Gasteiger partial charge >= 0.3 is 5.97 Å². The van der Waals surface area contributed by atoms with Gasteiger partial charge in [0, 0.05) is 18.6 Å². The van der Waals surface area contributed by atoms with Crippen molar-refractivity contribution >= 4 is 28.4 Å². The van der Waals surface area contributed by atoms with Gasteiger partial charge in [0.05, 0.1) is 12.8 Å². The summed E-state index contributed by atoms with van der Waals surface area (Å²) in [6, 6.07) is 7.12. The molecule has 0 fully saturated rings. The van der Waals surface area contributed by atoms with Gasteiger partial charge in [0.2, 0.25) is 5.95 Å². The molecule has 3 heterocycles. The average Bonchev–Trinajstić information content (AvgIpc) is 3.00. The molecule has 0 aliphatic rings. The quantitative estimate of drug-likeness (QED) is 0.740. The van der Waals surface area contributed by atoms with Crippen molar-refractivity contribution < 1.29 is 9.53 Å². The summed E-state index contributed by atoms with van der Waals surface area (Å²) in [7, 11) is 1.33. The minimum Gasteiger partial charge on any atom is -0.465 e. The highest BCUT2D eigenvalue weighted by Crippen LogP contribution is 2.31. The van der Waals surface area contributed by atoms with Crippen molar-refractivity contribution in [2.75, 3.05) is 12.4 Å². The Morgan fingerprint density at radius 2 is 1.91 bits per heavy atom. The molecular formula is C14H11N5O2S. The average molecular weight is 313 g/mol. The number of esters is 1. The normalized spacial score (nSPS) is 10.2. The van der Waals surface area contributed by atoms with Crippen LogP contribution in [-0.2, 0) is 4.74 Å². The maximum atomic E-state index is 11.9. The van der Waals surface area contributed by atoms with E-state index in [1.54, 1.807) is 36.8 Å². The molecule has 0 bridgehead atoms. The van der Waals surface area contributed by atoms with Crippen LogP contribution in [0.2, 0.25) is 0 Å². The summed E-state index contributed by atoms with van der Waals surface area (Å²) >= 11 is 1.17. The van der Waals surface area contributed by atoms with Crippen LogP contribution in [0.25, 0.3) is 11.4 Å². The van der Waals surface area contributed by atoms with Crippen LogP contribution in [0.5, 0.6) is 0 Å². The van der Waals surface area contributed by atoms with Gasteiger partial charge in [-0.1, -0.05) is 17.4 Å². The molecule has 0 saturated carbocycles. The predicted octanol–water partition coefficient (Wildman–Crippen LogP) is 2.53. The van der Waals surface area contributed by atoms with E-state index in [4.69, 9.17) is 4.74 Å². The summed E-state index contributed by atoms with van der Waals surface area (Å²) in [5.74, 6) is -0.0552. The first-order valence-electron chi connectivity index (χ1n) is 6.32. The fraction of sp³-hybridized carbons (Fsp3) is 0.0714. The van der Waals surface area contributed by atoms with Crippen LogP contribution in [0.4, 0.5) is 11.1 Å². The number of ether oxygens (including phenoxy) is 1. The van der Waals surface area contributed by atoms with Gasteiger partial charge in [-0.15, -0.1) is 0 Å². The molecule has 0 amide bonds. The molecule has 3 aromatic rings. The number of pyridine rings is 1. The minimum atomic E-state index is -0.458. The van der Waals surface area contributed by atoms with E-state index >= 15 is 0 Å². The van der Waals surface area contributed by atoms with Gasteiger partial charge in [0.15, 0.2) is 5.13 Å². The molecule has 0 aromatic carbocycles. The molecule has 110 valence electrons. The van der Waals surface area contributed by atoms with Crippen LogP contribution in [0.1, 0.15) is 9.67 Å². The molecule has 0 aliphatic carbocycles. The Hall–Kier alpha value is -2.87. The summed E-state index contributed by atoms with van der Waals surface area (Å²) < 4.78 is 4.81. The van der Waals surface area contributed by atoms with Crippen molar-refractivity contribution in [1.82, 2.24) is 19.9 Å². The van der Waals surface area contributed by atoms with Gasteiger partial charge in [-0.3, -0.25) is 4.98 Å². The van der Waals surface area contributed by atoms with Gasteiger partial charge in [0.1, 0.15) is 10.6 Å². The van der Waals surface area contributed by atoms with Crippen LogP contribution >= 0.6 is 11.3 Å². The number of nitrogens with one attached hydrogen (secondary N) is 1. The highest BCUT2D eigenvalue weighted by molar-refractivity contribution is 7.18. The zero-order valence-corrected chi connectivity index (χ0v) is 12.4. The van der Waals surface area contributed by atoms with Gasteiger partial charge in [-0.25, -0.2) is 19.7 Å². The largest absolute Gasteiger partial charge is 0.465 e. The number of hydrogen-bond donors (Lipinski definition) is 1. The predicted molar refractivity (Wildman–Crippen MR) is 82.0 cm³/mol. The van der Waals surface area contributed by atoms with Crippen LogP contribution in [0.15, 0.2) is 42.9 Å². The van der Waals surface area contributed by atoms with E-state index in [2.05, 4.69) is 25.3 Å². The Morgan fingerprint density at radius 3 is 2.59 bits per heavy atom. The summed E-state index contributed by atoms with van der Waals surface area (Å²) in [5.41, 5.74) is 1.07. The Labute approximate surface area is 130 Å². The van der Waals surface area contributed by atoms with Crippen molar-refractivity contribution in [3.05, 3.63) is 47.7 Å². The van der Waals surface area contributed by atoms with E-state index < -0.39 is 5.97 Å². The molecule has 3 rings (SSSR count). The molecule has 8 heteroatoms. The highest BCUT2D eigenvalue weighted by Gasteiger charge is 2.21. The van der Waals surface area contributed by atoms with Crippen molar-refractivity contribution in [2.24, 2.45) is 0 Å². The number of anilines is 2. The number of carbonyl (C=O) groups excluding carboxylic acids is 1.